The van der Waals surface area contributed by atoms with E-state index in [0.717, 1.165) is 24.1 Å². The molecule has 0 bridgehead atoms. The summed E-state index contributed by atoms with van der Waals surface area (Å²) < 4.78 is 0. The average molecular weight is 205 g/mol. The van der Waals surface area contributed by atoms with Crippen LogP contribution >= 0.6 is 0 Å². The van der Waals surface area contributed by atoms with Crippen molar-refractivity contribution in [1.82, 2.24) is 15.1 Å². The fourth-order valence-corrected chi connectivity index (χ4v) is 2.20. The third-order valence-electron chi connectivity index (χ3n) is 3.26. The molecule has 1 aliphatic rings. The van der Waals surface area contributed by atoms with Crippen LogP contribution in [-0.4, -0.2) is 28.2 Å². The van der Waals surface area contributed by atoms with Gasteiger partial charge in [0.15, 0.2) is 0 Å². The van der Waals surface area contributed by atoms with Crippen molar-refractivity contribution in [2.75, 3.05) is 13.1 Å². The maximum absolute atomic E-state index is 4.12. The zero-order chi connectivity index (χ0) is 10.7. The summed E-state index contributed by atoms with van der Waals surface area (Å²) in [6, 6.07) is 4.01. The average Bonchev–Trinajstić information content (AvgIpc) is 2.68. The van der Waals surface area contributed by atoms with Gasteiger partial charge in [-0.25, -0.2) is 0 Å². The highest BCUT2D eigenvalue weighted by Gasteiger charge is 2.24. The van der Waals surface area contributed by atoms with E-state index in [4.69, 9.17) is 0 Å². The van der Waals surface area contributed by atoms with E-state index >= 15 is 0 Å². The molecule has 15 heavy (non-hydrogen) atoms. The zero-order valence-corrected chi connectivity index (χ0v) is 9.56. The Hall–Kier alpha value is -0.960. The molecule has 0 spiro atoms. The van der Waals surface area contributed by atoms with Gasteiger partial charge in [0, 0.05) is 19.3 Å². The summed E-state index contributed by atoms with van der Waals surface area (Å²) in [6.07, 6.45) is 3.06. The molecule has 2 heterocycles. The minimum atomic E-state index is 0.803. The summed E-state index contributed by atoms with van der Waals surface area (Å²) >= 11 is 0. The molecule has 3 nitrogen and oxygen atoms in total. The molecule has 0 N–H and O–H groups in total. The highest BCUT2D eigenvalue weighted by Crippen LogP contribution is 2.24. The van der Waals surface area contributed by atoms with Crippen LogP contribution in [-0.2, 0) is 6.54 Å². The van der Waals surface area contributed by atoms with Gasteiger partial charge in [-0.05, 0) is 36.9 Å². The quantitative estimate of drug-likeness (QED) is 0.755. The predicted molar refractivity (Wildman–Crippen MR) is 60.3 cm³/mol. The fourth-order valence-electron chi connectivity index (χ4n) is 2.20. The Morgan fingerprint density at radius 3 is 3.00 bits per heavy atom. The van der Waals surface area contributed by atoms with Crippen LogP contribution in [0.25, 0.3) is 0 Å². The molecule has 1 unspecified atom stereocenters. The third kappa shape index (κ3) is 2.75. The number of rotatable bonds is 3. The zero-order valence-electron chi connectivity index (χ0n) is 9.56. The second-order valence-corrected chi connectivity index (χ2v) is 4.74. The number of likely N-dealkylation sites (tertiary alicyclic amines) is 1. The Labute approximate surface area is 91.5 Å². The summed E-state index contributed by atoms with van der Waals surface area (Å²) in [5, 5.41) is 8.02. The van der Waals surface area contributed by atoms with Gasteiger partial charge in [0.25, 0.3) is 0 Å². The molecule has 1 aromatic rings. The second-order valence-electron chi connectivity index (χ2n) is 4.74. The van der Waals surface area contributed by atoms with Crippen molar-refractivity contribution in [3.63, 3.8) is 0 Å². The van der Waals surface area contributed by atoms with Gasteiger partial charge in [-0.1, -0.05) is 13.8 Å². The summed E-state index contributed by atoms with van der Waals surface area (Å²) in [4.78, 5) is 2.48. The number of aromatic nitrogens is 2. The van der Waals surface area contributed by atoms with E-state index in [1.165, 1.54) is 19.5 Å². The Morgan fingerprint density at radius 2 is 2.40 bits per heavy atom. The summed E-state index contributed by atoms with van der Waals surface area (Å²) in [6.45, 7) is 8.01. The van der Waals surface area contributed by atoms with Gasteiger partial charge in [-0.2, -0.15) is 10.2 Å². The Morgan fingerprint density at radius 1 is 1.53 bits per heavy atom. The third-order valence-corrected chi connectivity index (χ3v) is 3.26. The minimum Gasteiger partial charge on any atom is -0.297 e. The molecule has 1 fully saturated rings. The highest BCUT2D eigenvalue weighted by atomic mass is 15.2. The first-order valence-electron chi connectivity index (χ1n) is 5.74. The molecule has 0 saturated carbocycles. The molecule has 0 radical (unpaired) electrons. The molecule has 1 saturated heterocycles. The van der Waals surface area contributed by atoms with Crippen molar-refractivity contribution < 1.29 is 0 Å². The van der Waals surface area contributed by atoms with E-state index in [2.05, 4.69) is 35.0 Å². The number of hydrogen-bond donors (Lipinski definition) is 0. The van der Waals surface area contributed by atoms with Crippen LogP contribution in [0.5, 0.6) is 0 Å². The maximum atomic E-state index is 4.12. The van der Waals surface area contributed by atoms with Crippen LogP contribution in [0.15, 0.2) is 18.3 Å². The van der Waals surface area contributed by atoms with Crippen LogP contribution in [0.1, 0.15) is 26.0 Å². The SMILES string of the molecule is CC(C)C1CCN(Cc2cccnn2)C1. The first-order chi connectivity index (χ1) is 7.25. The monoisotopic (exact) mass is 205 g/mol. The first-order valence-corrected chi connectivity index (χ1v) is 5.74. The molecule has 1 atom stereocenters. The highest BCUT2D eigenvalue weighted by molar-refractivity contribution is 4.99. The van der Waals surface area contributed by atoms with Crippen LogP contribution in [0.4, 0.5) is 0 Å². The van der Waals surface area contributed by atoms with Crippen molar-refractivity contribution in [1.29, 1.82) is 0 Å². The van der Waals surface area contributed by atoms with Crippen molar-refractivity contribution in [2.24, 2.45) is 11.8 Å². The second kappa shape index (κ2) is 4.71. The summed E-state index contributed by atoms with van der Waals surface area (Å²) in [5.74, 6) is 1.67. The molecule has 0 aromatic carbocycles. The van der Waals surface area contributed by atoms with Crippen LogP contribution in [0.2, 0.25) is 0 Å². The van der Waals surface area contributed by atoms with E-state index in [1.807, 2.05) is 6.07 Å². The van der Waals surface area contributed by atoms with Gasteiger partial charge in [0.05, 0.1) is 5.69 Å². The van der Waals surface area contributed by atoms with E-state index in [1.54, 1.807) is 6.20 Å². The fraction of sp³-hybridized carbons (Fsp3) is 0.667. The largest absolute Gasteiger partial charge is 0.297 e. The van der Waals surface area contributed by atoms with Gasteiger partial charge in [0.1, 0.15) is 0 Å². The standard InChI is InChI=1S/C12H19N3/c1-10(2)11-5-7-15(8-11)9-12-4-3-6-13-14-12/h3-4,6,10-11H,5,7-9H2,1-2H3. The molecule has 0 aliphatic carbocycles. The molecular formula is C12H19N3. The van der Waals surface area contributed by atoms with Crippen LogP contribution in [0.3, 0.4) is 0 Å². The maximum Gasteiger partial charge on any atom is 0.0771 e. The topological polar surface area (TPSA) is 29.0 Å². The Bertz CT molecular complexity index is 297. The van der Waals surface area contributed by atoms with E-state index in [0.29, 0.717) is 0 Å². The van der Waals surface area contributed by atoms with Gasteiger partial charge < -0.3 is 0 Å². The normalized spacial score (nSPS) is 22.5. The lowest BCUT2D eigenvalue weighted by atomic mass is 9.95. The number of nitrogens with zero attached hydrogens (tertiary/aromatic N) is 3. The molecule has 1 aliphatic heterocycles. The minimum absolute atomic E-state index is 0.803. The predicted octanol–water partition coefficient (Wildman–Crippen LogP) is 1.95. The van der Waals surface area contributed by atoms with Crippen molar-refractivity contribution in [3.05, 3.63) is 24.0 Å². The van der Waals surface area contributed by atoms with Gasteiger partial charge in [-0.15, -0.1) is 0 Å². The summed E-state index contributed by atoms with van der Waals surface area (Å²) in [7, 11) is 0. The lowest BCUT2D eigenvalue weighted by molar-refractivity contribution is 0.293. The molecular weight excluding hydrogens is 186 g/mol. The van der Waals surface area contributed by atoms with Gasteiger partial charge >= 0.3 is 0 Å². The molecule has 2 rings (SSSR count). The lowest BCUT2D eigenvalue weighted by Gasteiger charge is -2.16. The van der Waals surface area contributed by atoms with Crippen molar-refractivity contribution in [2.45, 2.75) is 26.8 Å². The van der Waals surface area contributed by atoms with Crippen LogP contribution < -0.4 is 0 Å². The Kier molecular flexibility index (Phi) is 3.31. The van der Waals surface area contributed by atoms with Crippen molar-refractivity contribution in [3.8, 4) is 0 Å². The van der Waals surface area contributed by atoms with Crippen LogP contribution in [0, 0.1) is 11.8 Å². The van der Waals surface area contributed by atoms with E-state index in [-0.39, 0.29) is 0 Å². The van der Waals surface area contributed by atoms with E-state index in [9.17, 15) is 0 Å². The summed E-state index contributed by atoms with van der Waals surface area (Å²) in [5.41, 5.74) is 1.09. The van der Waals surface area contributed by atoms with E-state index < -0.39 is 0 Å². The molecule has 1 aromatic heterocycles. The molecule has 0 amide bonds. The molecule has 3 heteroatoms. The van der Waals surface area contributed by atoms with Gasteiger partial charge in [0.2, 0.25) is 0 Å². The first kappa shape index (κ1) is 10.6. The van der Waals surface area contributed by atoms with Gasteiger partial charge in [-0.3, -0.25) is 4.90 Å². The lowest BCUT2D eigenvalue weighted by Crippen LogP contribution is -2.22. The number of hydrogen-bond acceptors (Lipinski definition) is 3. The molecule has 82 valence electrons. The smallest absolute Gasteiger partial charge is 0.0771 e. The Balaban J connectivity index is 1.88. The van der Waals surface area contributed by atoms with Crippen molar-refractivity contribution >= 4 is 0 Å².